The van der Waals surface area contributed by atoms with E-state index >= 15 is 0 Å². The number of anilines is 1. The second kappa shape index (κ2) is 4.37. The van der Waals surface area contributed by atoms with E-state index in [0.717, 1.165) is 5.39 Å². The molecule has 1 aromatic heterocycles. The fraction of sp³-hybridized carbons (Fsp3) is 0.250. The molecular weight excluding hydrogens is 206 g/mol. The zero-order chi connectivity index (χ0) is 11.5. The van der Waals surface area contributed by atoms with Gasteiger partial charge in [-0.1, -0.05) is 18.2 Å². The number of benzene rings is 1. The van der Waals surface area contributed by atoms with Crippen LogP contribution in [0.15, 0.2) is 39.5 Å². The Hall–Kier alpha value is -1.81. The Morgan fingerprint density at radius 1 is 1.38 bits per heavy atom. The molecule has 2 rings (SSSR count). The fourth-order valence-corrected chi connectivity index (χ4v) is 1.59. The van der Waals surface area contributed by atoms with Crippen LogP contribution in [0.5, 0.6) is 0 Å². The molecule has 0 aliphatic heterocycles. The van der Waals surface area contributed by atoms with E-state index in [0.29, 0.717) is 17.8 Å². The highest BCUT2D eigenvalue weighted by molar-refractivity contribution is 5.79. The van der Waals surface area contributed by atoms with E-state index in [4.69, 9.17) is 9.52 Å². The van der Waals surface area contributed by atoms with Crippen molar-refractivity contribution >= 4 is 16.7 Å². The number of nitrogens with zero attached hydrogens (tertiary/aromatic N) is 1. The quantitative estimate of drug-likeness (QED) is 0.789. The molecule has 0 bridgehead atoms. The van der Waals surface area contributed by atoms with Crippen molar-refractivity contribution in [2.45, 2.75) is 0 Å². The lowest BCUT2D eigenvalue weighted by atomic mass is 10.2. The van der Waals surface area contributed by atoms with Crippen LogP contribution in [0, 0.1) is 0 Å². The topological polar surface area (TPSA) is 53.7 Å². The molecule has 0 fully saturated rings. The third-order valence-corrected chi connectivity index (χ3v) is 2.47. The molecule has 4 nitrogen and oxygen atoms in total. The fourth-order valence-electron chi connectivity index (χ4n) is 1.59. The summed E-state index contributed by atoms with van der Waals surface area (Å²) in [5, 5.41) is 9.70. The molecule has 16 heavy (non-hydrogen) atoms. The number of hydrogen-bond acceptors (Lipinski definition) is 4. The summed E-state index contributed by atoms with van der Waals surface area (Å²) in [5.41, 5.74) is 0.663. The van der Waals surface area contributed by atoms with E-state index in [1.54, 1.807) is 24.1 Å². The van der Waals surface area contributed by atoms with Gasteiger partial charge in [-0.15, -0.1) is 0 Å². The largest absolute Gasteiger partial charge is 0.421 e. The van der Waals surface area contributed by atoms with E-state index in [2.05, 4.69) is 0 Å². The van der Waals surface area contributed by atoms with Gasteiger partial charge in [-0.2, -0.15) is 0 Å². The Morgan fingerprint density at radius 3 is 2.88 bits per heavy atom. The van der Waals surface area contributed by atoms with Gasteiger partial charge in [-0.25, -0.2) is 4.79 Å². The van der Waals surface area contributed by atoms with Crippen LogP contribution in [-0.4, -0.2) is 25.3 Å². The Labute approximate surface area is 92.7 Å². The van der Waals surface area contributed by atoms with Crippen LogP contribution in [0.4, 0.5) is 5.69 Å². The zero-order valence-corrected chi connectivity index (χ0v) is 9.01. The van der Waals surface area contributed by atoms with Gasteiger partial charge < -0.3 is 14.4 Å². The molecule has 0 amide bonds. The molecule has 1 heterocycles. The summed E-state index contributed by atoms with van der Waals surface area (Å²) >= 11 is 0. The number of rotatable bonds is 3. The van der Waals surface area contributed by atoms with Crippen molar-refractivity contribution in [3.63, 3.8) is 0 Å². The van der Waals surface area contributed by atoms with Gasteiger partial charge in [0.25, 0.3) is 0 Å². The van der Waals surface area contributed by atoms with E-state index in [1.807, 2.05) is 18.2 Å². The summed E-state index contributed by atoms with van der Waals surface area (Å²) in [5.74, 6) is 0. The maximum atomic E-state index is 11.7. The maximum absolute atomic E-state index is 11.7. The van der Waals surface area contributed by atoms with Gasteiger partial charge in [0.05, 0.1) is 6.61 Å². The van der Waals surface area contributed by atoms with E-state index in [1.165, 1.54) is 0 Å². The van der Waals surface area contributed by atoms with Crippen LogP contribution in [0.1, 0.15) is 0 Å². The first-order chi connectivity index (χ1) is 7.72. The van der Waals surface area contributed by atoms with Gasteiger partial charge in [-0.05, 0) is 12.1 Å². The van der Waals surface area contributed by atoms with Gasteiger partial charge >= 0.3 is 5.63 Å². The molecule has 2 aromatic rings. The smallest absolute Gasteiger partial charge is 0.360 e. The number of aliphatic hydroxyl groups excluding tert-OH is 1. The number of likely N-dealkylation sites (N-methyl/N-ethyl adjacent to an activating group) is 1. The third-order valence-electron chi connectivity index (χ3n) is 2.47. The average Bonchev–Trinajstić information content (AvgIpc) is 2.28. The Balaban J connectivity index is 2.54. The molecule has 4 heteroatoms. The molecule has 84 valence electrons. The predicted octanol–water partition coefficient (Wildman–Crippen LogP) is 1.22. The summed E-state index contributed by atoms with van der Waals surface area (Å²) < 4.78 is 5.18. The molecule has 0 aliphatic rings. The lowest BCUT2D eigenvalue weighted by Crippen LogP contribution is -2.26. The molecule has 0 atom stereocenters. The van der Waals surface area contributed by atoms with Crippen molar-refractivity contribution in [1.29, 1.82) is 0 Å². The van der Waals surface area contributed by atoms with Crippen LogP contribution in [0.2, 0.25) is 0 Å². The van der Waals surface area contributed by atoms with E-state index < -0.39 is 0 Å². The van der Waals surface area contributed by atoms with Gasteiger partial charge in [0.2, 0.25) is 0 Å². The van der Waals surface area contributed by atoms with Crippen molar-refractivity contribution in [3.05, 3.63) is 40.8 Å². The van der Waals surface area contributed by atoms with Crippen LogP contribution in [0.3, 0.4) is 0 Å². The first-order valence-electron chi connectivity index (χ1n) is 5.07. The van der Waals surface area contributed by atoms with Crippen LogP contribution in [-0.2, 0) is 0 Å². The van der Waals surface area contributed by atoms with Gasteiger partial charge in [0, 0.05) is 19.0 Å². The zero-order valence-electron chi connectivity index (χ0n) is 9.01. The highest BCUT2D eigenvalue weighted by atomic mass is 16.4. The minimum Gasteiger partial charge on any atom is -0.421 e. The molecule has 1 aromatic carbocycles. The predicted molar refractivity (Wildman–Crippen MR) is 62.8 cm³/mol. The lowest BCUT2D eigenvalue weighted by Gasteiger charge is -2.16. The first-order valence-corrected chi connectivity index (χ1v) is 5.07. The molecule has 0 saturated heterocycles. The van der Waals surface area contributed by atoms with E-state index in [-0.39, 0.29) is 12.2 Å². The van der Waals surface area contributed by atoms with Crippen molar-refractivity contribution in [3.8, 4) is 0 Å². The number of hydrogen-bond donors (Lipinski definition) is 1. The highest BCUT2D eigenvalue weighted by Crippen LogP contribution is 2.16. The molecule has 1 N–H and O–H groups in total. The molecular formula is C12H13NO3. The third kappa shape index (κ3) is 1.92. The van der Waals surface area contributed by atoms with Crippen molar-refractivity contribution in [1.82, 2.24) is 0 Å². The van der Waals surface area contributed by atoms with Gasteiger partial charge in [-0.3, -0.25) is 0 Å². The van der Waals surface area contributed by atoms with Crippen LogP contribution < -0.4 is 10.5 Å². The summed E-state index contributed by atoms with van der Waals surface area (Å²) in [6, 6.07) is 9.12. The van der Waals surface area contributed by atoms with Crippen molar-refractivity contribution < 1.29 is 9.52 Å². The second-order valence-electron chi connectivity index (χ2n) is 3.60. The number of aliphatic hydroxyl groups is 1. The standard InChI is InChI=1S/C12H13NO3/c1-13(6-7-14)10-8-9-4-2-3-5-11(9)16-12(10)15/h2-5,8,14H,6-7H2,1H3. The molecule has 0 aliphatic carbocycles. The SMILES string of the molecule is CN(CCO)c1cc2ccccc2oc1=O. The van der Waals surface area contributed by atoms with Crippen LogP contribution >= 0.6 is 0 Å². The number of para-hydroxylation sites is 1. The minimum atomic E-state index is -0.380. The summed E-state index contributed by atoms with van der Waals surface area (Å²) in [7, 11) is 1.75. The molecule has 0 unspecified atom stereocenters. The molecule has 0 radical (unpaired) electrons. The van der Waals surface area contributed by atoms with Crippen molar-refractivity contribution in [2.75, 3.05) is 25.1 Å². The first kappa shape index (κ1) is 10.7. The van der Waals surface area contributed by atoms with Gasteiger partial charge in [0.15, 0.2) is 0 Å². The van der Waals surface area contributed by atoms with Gasteiger partial charge in [0.1, 0.15) is 11.3 Å². The highest BCUT2D eigenvalue weighted by Gasteiger charge is 2.08. The van der Waals surface area contributed by atoms with E-state index in [9.17, 15) is 4.79 Å². The van der Waals surface area contributed by atoms with Crippen molar-refractivity contribution in [2.24, 2.45) is 0 Å². The maximum Gasteiger partial charge on any atom is 0.360 e. The monoisotopic (exact) mass is 219 g/mol. The molecule has 0 spiro atoms. The average molecular weight is 219 g/mol. The molecule has 0 saturated carbocycles. The Bertz CT molecular complexity index is 547. The Kier molecular flexibility index (Phi) is 2.92. The Morgan fingerprint density at radius 2 is 2.12 bits per heavy atom. The number of fused-ring (bicyclic) bond motifs is 1. The lowest BCUT2D eigenvalue weighted by molar-refractivity contribution is 0.304. The van der Waals surface area contributed by atoms with Crippen LogP contribution in [0.25, 0.3) is 11.0 Å². The summed E-state index contributed by atoms with van der Waals surface area (Å²) in [4.78, 5) is 13.3. The normalized spacial score (nSPS) is 10.6. The summed E-state index contributed by atoms with van der Waals surface area (Å²) in [6.07, 6.45) is 0. The second-order valence-corrected chi connectivity index (χ2v) is 3.60. The minimum absolute atomic E-state index is 0.00274. The summed E-state index contributed by atoms with van der Waals surface area (Å²) in [6.45, 7) is 0.409.